The number of rotatable bonds is 7. The fourth-order valence-electron chi connectivity index (χ4n) is 2.04. The highest BCUT2D eigenvalue weighted by atomic mass is 35.5. The van der Waals surface area contributed by atoms with Crippen molar-refractivity contribution in [2.75, 3.05) is 6.54 Å². The second-order valence-electron chi connectivity index (χ2n) is 5.04. The number of sulfonamides is 1. The van der Waals surface area contributed by atoms with Crippen molar-refractivity contribution in [2.24, 2.45) is 5.92 Å². The highest BCUT2D eigenvalue weighted by Crippen LogP contribution is 2.21. The number of benzene rings is 1. The lowest BCUT2D eigenvalue weighted by atomic mass is 10.0. The van der Waals surface area contributed by atoms with E-state index in [9.17, 15) is 8.42 Å². The molecule has 1 aromatic rings. The number of halogens is 1. The SMILES string of the molecule is CCNS(=O)(=O)c1ccccc1CC(Cl)CC(C)C. The van der Waals surface area contributed by atoms with Gasteiger partial charge in [0.15, 0.2) is 0 Å². The molecule has 0 heterocycles. The molecule has 0 aliphatic carbocycles. The van der Waals surface area contributed by atoms with Crippen LogP contribution in [0.1, 0.15) is 32.8 Å². The Morgan fingerprint density at radius 1 is 1.26 bits per heavy atom. The molecule has 0 aliphatic rings. The van der Waals surface area contributed by atoms with Gasteiger partial charge in [-0.3, -0.25) is 0 Å². The van der Waals surface area contributed by atoms with Crippen LogP contribution in [0.25, 0.3) is 0 Å². The zero-order chi connectivity index (χ0) is 14.5. The molecule has 0 saturated heterocycles. The van der Waals surface area contributed by atoms with E-state index in [1.807, 2.05) is 12.1 Å². The van der Waals surface area contributed by atoms with Gasteiger partial charge in [0.05, 0.1) is 4.90 Å². The minimum Gasteiger partial charge on any atom is -0.211 e. The van der Waals surface area contributed by atoms with Crippen molar-refractivity contribution in [3.63, 3.8) is 0 Å². The average Bonchev–Trinajstić information content (AvgIpc) is 2.28. The van der Waals surface area contributed by atoms with Gasteiger partial charge in [-0.1, -0.05) is 39.0 Å². The summed E-state index contributed by atoms with van der Waals surface area (Å²) in [5.74, 6) is 0.500. The van der Waals surface area contributed by atoms with Crippen LogP contribution in [0.2, 0.25) is 0 Å². The second-order valence-corrected chi connectivity index (χ2v) is 7.39. The van der Waals surface area contributed by atoms with Crippen LogP contribution in [0.4, 0.5) is 0 Å². The third kappa shape index (κ3) is 5.13. The highest BCUT2D eigenvalue weighted by Gasteiger charge is 2.19. The molecule has 1 atom stereocenters. The van der Waals surface area contributed by atoms with E-state index in [-0.39, 0.29) is 5.38 Å². The van der Waals surface area contributed by atoms with Gasteiger partial charge in [0.25, 0.3) is 0 Å². The quantitative estimate of drug-likeness (QED) is 0.786. The molecule has 0 bridgehead atoms. The summed E-state index contributed by atoms with van der Waals surface area (Å²) in [5, 5.41) is -0.0435. The van der Waals surface area contributed by atoms with Gasteiger partial charge in [-0.2, -0.15) is 0 Å². The fourth-order valence-corrected chi connectivity index (χ4v) is 3.85. The summed E-state index contributed by atoms with van der Waals surface area (Å²) in [6, 6.07) is 7.05. The van der Waals surface area contributed by atoms with Crippen molar-refractivity contribution in [1.82, 2.24) is 4.72 Å². The van der Waals surface area contributed by atoms with E-state index in [4.69, 9.17) is 11.6 Å². The van der Waals surface area contributed by atoms with Crippen LogP contribution in [-0.4, -0.2) is 20.3 Å². The van der Waals surface area contributed by atoms with Crippen molar-refractivity contribution in [3.05, 3.63) is 29.8 Å². The third-order valence-corrected chi connectivity index (χ3v) is 4.74. The van der Waals surface area contributed by atoms with Crippen LogP contribution < -0.4 is 4.72 Å². The molecule has 108 valence electrons. The lowest BCUT2D eigenvalue weighted by Crippen LogP contribution is -2.24. The van der Waals surface area contributed by atoms with Crippen LogP contribution in [0.15, 0.2) is 29.2 Å². The predicted molar refractivity (Wildman–Crippen MR) is 80.1 cm³/mol. The fraction of sp³-hybridized carbons (Fsp3) is 0.571. The summed E-state index contributed by atoms with van der Waals surface area (Å²) in [7, 11) is -3.42. The second kappa shape index (κ2) is 7.27. The Labute approximate surface area is 121 Å². The van der Waals surface area contributed by atoms with Crippen molar-refractivity contribution < 1.29 is 8.42 Å². The van der Waals surface area contributed by atoms with Crippen LogP contribution in [0.5, 0.6) is 0 Å². The van der Waals surface area contributed by atoms with Gasteiger partial charge in [0.1, 0.15) is 0 Å². The van der Waals surface area contributed by atoms with Crippen molar-refractivity contribution >= 4 is 21.6 Å². The standard InChI is InChI=1S/C14H22ClNO2S/c1-4-16-19(17,18)14-8-6-5-7-12(14)10-13(15)9-11(2)3/h5-8,11,13,16H,4,9-10H2,1-3H3. The Bertz CT molecular complexity index is 500. The summed E-state index contributed by atoms with van der Waals surface area (Å²) in [4.78, 5) is 0.339. The van der Waals surface area contributed by atoms with Crippen molar-refractivity contribution in [1.29, 1.82) is 0 Å². The Balaban J connectivity index is 2.97. The summed E-state index contributed by atoms with van der Waals surface area (Å²) in [6.45, 7) is 6.36. The largest absolute Gasteiger partial charge is 0.240 e. The van der Waals surface area contributed by atoms with Gasteiger partial charge >= 0.3 is 0 Å². The van der Waals surface area contributed by atoms with E-state index in [2.05, 4.69) is 18.6 Å². The van der Waals surface area contributed by atoms with E-state index in [0.29, 0.717) is 23.8 Å². The molecule has 5 heteroatoms. The summed E-state index contributed by atoms with van der Waals surface area (Å²) in [5.41, 5.74) is 0.782. The first-order valence-corrected chi connectivity index (χ1v) is 8.50. The smallest absolute Gasteiger partial charge is 0.211 e. The average molecular weight is 304 g/mol. The first kappa shape index (κ1) is 16.5. The molecule has 0 saturated carbocycles. The minimum absolute atomic E-state index is 0.0435. The summed E-state index contributed by atoms with van der Waals surface area (Å²) in [6.07, 6.45) is 1.44. The maximum absolute atomic E-state index is 12.1. The van der Waals surface area contributed by atoms with Gasteiger partial charge in [0, 0.05) is 11.9 Å². The van der Waals surface area contributed by atoms with E-state index >= 15 is 0 Å². The molecule has 1 unspecified atom stereocenters. The molecule has 0 fully saturated rings. The highest BCUT2D eigenvalue weighted by molar-refractivity contribution is 7.89. The minimum atomic E-state index is -3.42. The Hall–Kier alpha value is -0.580. The maximum atomic E-state index is 12.1. The molecule has 3 nitrogen and oxygen atoms in total. The molecule has 0 aromatic heterocycles. The third-order valence-electron chi connectivity index (χ3n) is 2.77. The Morgan fingerprint density at radius 2 is 1.89 bits per heavy atom. The number of alkyl halides is 1. The Kier molecular flexibility index (Phi) is 6.30. The first-order chi connectivity index (χ1) is 8.86. The van der Waals surface area contributed by atoms with Crippen molar-refractivity contribution in [3.8, 4) is 0 Å². The number of nitrogens with one attached hydrogen (secondary N) is 1. The zero-order valence-corrected chi connectivity index (χ0v) is 13.3. The van der Waals surface area contributed by atoms with Gasteiger partial charge in [-0.15, -0.1) is 11.6 Å². The predicted octanol–water partition coefficient (Wildman–Crippen LogP) is 3.18. The summed E-state index contributed by atoms with van der Waals surface area (Å²) < 4.78 is 26.7. The molecule has 0 spiro atoms. The summed E-state index contributed by atoms with van der Waals surface area (Å²) >= 11 is 6.29. The molecular weight excluding hydrogens is 282 g/mol. The van der Waals surface area contributed by atoms with Gasteiger partial charge < -0.3 is 0 Å². The van der Waals surface area contributed by atoms with Crippen molar-refractivity contribution in [2.45, 2.75) is 43.9 Å². The molecule has 0 aliphatic heterocycles. The van der Waals surface area contributed by atoms with Crippen LogP contribution >= 0.6 is 11.6 Å². The van der Waals surface area contributed by atoms with Gasteiger partial charge in [-0.25, -0.2) is 13.1 Å². The number of hydrogen-bond donors (Lipinski definition) is 1. The normalized spacial score (nSPS) is 13.7. The van der Waals surface area contributed by atoms with E-state index < -0.39 is 10.0 Å². The Morgan fingerprint density at radius 3 is 2.47 bits per heavy atom. The van der Waals surface area contributed by atoms with E-state index in [0.717, 1.165) is 12.0 Å². The molecule has 1 N–H and O–H groups in total. The molecule has 0 radical (unpaired) electrons. The topological polar surface area (TPSA) is 46.2 Å². The van der Waals surface area contributed by atoms with E-state index in [1.165, 1.54) is 0 Å². The molecular formula is C14H22ClNO2S. The van der Waals surface area contributed by atoms with Crippen LogP contribution in [-0.2, 0) is 16.4 Å². The van der Waals surface area contributed by atoms with Crippen LogP contribution in [0, 0.1) is 5.92 Å². The maximum Gasteiger partial charge on any atom is 0.240 e. The monoisotopic (exact) mass is 303 g/mol. The molecule has 19 heavy (non-hydrogen) atoms. The van der Waals surface area contributed by atoms with Gasteiger partial charge in [0.2, 0.25) is 10.0 Å². The molecule has 0 amide bonds. The zero-order valence-electron chi connectivity index (χ0n) is 11.7. The van der Waals surface area contributed by atoms with Gasteiger partial charge in [-0.05, 0) is 30.4 Å². The lowest BCUT2D eigenvalue weighted by Gasteiger charge is -2.15. The lowest BCUT2D eigenvalue weighted by molar-refractivity contribution is 0.557. The molecule has 1 aromatic carbocycles. The first-order valence-electron chi connectivity index (χ1n) is 6.58. The van der Waals surface area contributed by atoms with Crippen LogP contribution in [0.3, 0.4) is 0 Å². The van der Waals surface area contributed by atoms with E-state index in [1.54, 1.807) is 19.1 Å². The molecule has 1 rings (SSSR count). The number of hydrogen-bond acceptors (Lipinski definition) is 2.